The fourth-order valence-corrected chi connectivity index (χ4v) is 3.14. The summed E-state index contributed by atoms with van der Waals surface area (Å²) in [5.74, 6) is 0. The van der Waals surface area contributed by atoms with E-state index in [1.165, 1.54) is 43.1 Å². The molecule has 1 aromatic heterocycles. The van der Waals surface area contributed by atoms with E-state index in [0.29, 0.717) is 0 Å². The van der Waals surface area contributed by atoms with Crippen molar-refractivity contribution >= 4 is 0 Å². The molecule has 0 aliphatic carbocycles. The quantitative estimate of drug-likeness (QED) is 0.894. The Hall–Kier alpha value is -0.840. The fraction of sp³-hybridized carbons (Fsp3) is 0.765. The van der Waals surface area contributed by atoms with E-state index in [-0.39, 0.29) is 5.54 Å². The molecule has 0 atom stereocenters. The molecule has 1 N–H and O–H groups in total. The van der Waals surface area contributed by atoms with E-state index in [1.807, 2.05) is 0 Å². The maximum atomic E-state index is 3.66. The Bertz CT molecular complexity index is 467. The van der Waals surface area contributed by atoms with Crippen molar-refractivity contribution in [3.8, 4) is 0 Å². The van der Waals surface area contributed by atoms with Crippen LogP contribution in [0.25, 0.3) is 0 Å². The number of likely N-dealkylation sites (N-methyl/N-ethyl adjacent to an activating group) is 1. The average Bonchev–Trinajstić information content (AvgIpc) is 2.67. The molecule has 4 nitrogen and oxygen atoms in total. The molecule has 4 heteroatoms. The second-order valence-electron chi connectivity index (χ2n) is 7.16. The number of aromatic nitrogens is 1. The third kappa shape index (κ3) is 3.87. The second-order valence-corrected chi connectivity index (χ2v) is 7.16. The summed E-state index contributed by atoms with van der Waals surface area (Å²) in [6.45, 7) is 15.8. The number of rotatable bonds is 5. The summed E-state index contributed by atoms with van der Waals surface area (Å²) in [4.78, 5) is 5.03. The smallest absolute Gasteiger partial charge is 0.0278 e. The lowest BCUT2D eigenvalue weighted by Crippen LogP contribution is -2.57. The lowest BCUT2D eigenvalue weighted by molar-refractivity contribution is 0.0618. The molecule has 1 aliphatic heterocycles. The third-order valence-corrected chi connectivity index (χ3v) is 5.11. The van der Waals surface area contributed by atoms with Gasteiger partial charge in [-0.15, -0.1) is 0 Å². The Morgan fingerprint density at radius 2 is 1.71 bits per heavy atom. The van der Waals surface area contributed by atoms with Gasteiger partial charge in [-0.25, -0.2) is 0 Å². The van der Waals surface area contributed by atoms with Crippen molar-refractivity contribution < 1.29 is 0 Å². The Labute approximate surface area is 130 Å². The molecule has 2 heterocycles. The van der Waals surface area contributed by atoms with E-state index in [0.717, 1.165) is 13.1 Å². The molecule has 2 rings (SSSR count). The van der Waals surface area contributed by atoms with Crippen LogP contribution < -0.4 is 5.32 Å². The molecule has 0 aromatic carbocycles. The highest BCUT2D eigenvalue weighted by molar-refractivity contribution is 5.26. The summed E-state index contributed by atoms with van der Waals surface area (Å²) in [7, 11) is 4.35. The van der Waals surface area contributed by atoms with Gasteiger partial charge in [0.2, 0.25) is 0 Å². The molecule has 1 fully saturated rings. The fourth-order valence-electron chi connectivity index (χ4n) is 3.14. The zero-order valence-corrected chi connectivity index (χ0v) is 14.7. The second kappa shape index (κ2) is 6.51. The molecule has 120 valence electrons. The topological polar surface area (TPSA) is 23.4 Å². The van der Waals surface area contributed by atoms with Crippen molar-refractivity contribution in [2.24, 2.45) is 7.05 Å². The normalized spacial score (nSPS) is 18.4. The van der Waals surface area contributed by atoms with Gasteiger partial charge >= 0.3 is 0 Å². The molecule has 0 bridgehead atoms. The van der Waals surface area contributed by atoms with Crippen LogP contribution in [0.1, 0.15) is 30.8 Å². The number of aryl methyl sites for hydroxylation is 1. The van der Waals surface area contributed by atoms with Crippen molar-refractivity contribution in [2.75, 3.05) is 39.8 Å². The van der Waals surface area contributed by atoms with Crippen LogP contribution in [0.5, 0.6) is 0 Å². The Morgan fingerprint density at radius 1 is 1.10 bits per heavy atom. The predicted molar refractivity (Wildman–Crippen MR) is 89.7 cm³/mol. The van der Waals surface area contributed by atoms with Gasteiger partial charge in [0.25, 0.3) is 0 Å². The standard InChI is InChI=1S/C17H32N4/c1-14-11-16(15(2)20(14)6)12-18-13-17(3,4)21-9-7-19(5)8-10-21/h11,18H,7-10,12-13H2,1-6H3. The lowest BCUT2D eigenvalue weighted by atomic mass is 10.0. The van der Waals surface area contributed by atoms with Crippen LogP contribution in [0.2, 0.25) is 0 Å². The molecule has 21 heavy (non-hydrogen) atoms. The van der Waals surface area contributed by atoms with Crippen LogP contribution in [-0.4, -0.2) is 59.7 Å². The SMILES string of the molecule is Cc1cc(CNCC(C)(C)N2CCN(C)CC2)c(C)n1C. The molecule has 0 unspecified atom stereocenters. The van der Waals surface area contributed by atoms with Crippen LogP contribution in [0, 0.1) is 13.8 Å². The van der Waals surface area contributed by atoms with Gasteiger partial charge < -0.3 is 14.8 Å². The number of hydrogen-bond acceptors (Lipinski definition) is 3. The van der Waals surface area contributed by atoms with Crippen molar-refractivity contribution in [3.05, 3.63) is 23.0 Å². The van der Waals surface area contributed by atoms with Crippen molar-refractivity contribution in [2.45, 2.75) is 39.8 Å². The Kier molecular flexibility index (Phi) is 5.12. The summed E-state index contributed by atoms with van der Waals surface area (Å²) < 4.78 is 2.27. The number of hydrogen-bond donors (Lipinski definition) is 1. The Balaban J connectivity index is 1.85. The van der Waals surface area contributed by atoms with Crippen LogP contribution in [-0.2, 0) is 13.6 Å². The first-order chi connectivity index (χ1) is 9.81. The van der Waals surface area contributed by atoms with Gasteiger partial charge in [0.1, 0.15) is 0 Å². The largest absolute Gasteiger partial charge is 0.352 e. The minimum Gasteiger partial charge on any atom is -0.352 e. The van der Waals surface area contributed by atoms with E-state index in [1.54, 1.807) is 0 Å². The average molecular weight is 292 g/mol. The molecule has 1 aromatic rings. The molecule has 0 amide bonds. The van der Waals surface area contributed by atoms with Crippen molar-refractivity contribution in [3.63, 3.8) is 0 Å². The van der Waals surface area contributed by atoms with E-state index >= 15 is 0 Å². The van der Waals surface area contributed by atoms with Gasteiger partial charge in [0, 0.05) is 63.2 Å². The summed E-state index contributed by atoms with van der Waals surface area (Å²) in [6.07, 6.45) is 0. The van der Waals surface area contributed by atoms with Crippen LogP contribution in [0.3, 0.4) is 0 Å². The molecular weight excluding hydrogens is 260 g/mol. The zero-order chi connectivity index (χ0) is 15.6. The highest BCUT2D eigenvalue weighted by atomic mass is 15.3. The summed E-state index contributed by atoms with van der Waals surface area (Å²) in [6, 6.07) is 2.30. The molecule has 0 radical (unpaired) electrons. The van der Waals surface area contributed by atoms with Gasteiger partial charge in [-0.3, -0.25) is 4.90 Å². The van der Waals surface area contributed by atoms with Gasteiger partial charge in [-0.05, 0) is 46.4 Å². The van der Waals surface area contributed by atoms with Crippen LogP contribution in [0.4, 0.5) is 0 Å². The maximum absolute atomic E-state index is 3.66. The first-order valence-corrected chi connectivity index (χ1v) is 8.07. The summed E-state index contributed by atoms with van der Waals surface area (Å²) >= 11 is 0. The maximum Gasteiger partial charge on any atom is 0.0278 e. The van der Waals surface area contributed by atoms with Gasteiger partial charge in [0.05, 0.1) is 0 Å². The molecule has 1 saturated heterocycles. The molecule has 0 spiro atoms. The first kappa shape index (κ1) is 16.5. The molecule has 1 aliphatic rings. The van der Waals surface area contributed by atoms with Crippen molar-refractivity contribution in [1.29, 1.82) is 0 Å². The first-order valence-electron chi connectivity index (χ1n) is 8.07. The molecule has 0 saturated carbocycles. The predicted octanol–water partition coefficient (Wildman–Crippen LogP) is 1.76. The third-order valence-electron chi connectivity index (χ3n) is 5.11. The highest BCUT2D eigenvalue weighted by Gasteiger charge is 2.28. The summed E-state index contributed by atoms with van der Waals surface area (Å²) in [5, 5.41) is 3.66. The van der Waals surface area contributed by atoms with Crippen LogP contribution >= 0.6 is 0 Å². The number of nitrogens with zero attached hydrogens (tertiary/aromatic N) is 3. The Morgan fingerprint density at radius 3 is 2.24 bits per heavy atom. The molecular formula is C17H32N4. The zero-order valence-electron chi connectivity index (χ0n) is 14.7. The monoisotopic (exact) mass is 292 g/mol. The van der Waals surface area contributed by atoms with Gasteiger partial charge in [0.15, 0.2) is 0 Å². The highest BCUT2D eigenvalue weighted by Crippen LogP contribution is 2.17. The number of nitrogens with one attached hydrogen (secondary N) is 1. The number of piperazine rings is 1. The van der Waals surface area contributed by atoms with E-state index < -0.39 is 0 Å². The van der Waals surface area contributed by atoms with Crippen LogP contribution in [0.15, 0.2) is 6.07 Å². The van der Waals surface area contributed by atoms with Crippen molar-refractivity contribution in [1.82, 2.24) is 19.7 Å². The van der Waals surface area contributed by atoms with Gasteiger partial charge in [-0.2, -0.15) is 0 Å². The van der Waals surface area contributed by atoms with E-state index in [9.17, 15) is 0 Å². The minimum atomic E-state index is 0.221. The van der Waals surface area contributed by atoms with Gasteiger partial charge in [-0.1, -0.05) is 0 Å². The minimum absolute atomic E-state index is 0.221. The summed E-state index contributed by atoms with van der Waals surface area (Å²) in [5.41, 5.74) is 4.35. The van der Waals surface area contributed by atoms with E-state index in [2.05, 4.69) is 67.5 Å². The lowest BCUT2D eigenvalue weighted by Gasteiger charge is -2.43. The van der Waals surface area contributed by atoms with E-state index in [4.69, 9.17) is 0 Å².